The van der Waals surface area contributed by atoms with Crippen LogP contribution in [-0.4, -0.2) is 71.4 Å². The molecule has 2 fully saturated rings. The Labute approximate surface area is 124 Å². The maximum Gasteiger partial charge on any atom is 0.113 e. The summed E-state index contributed by atoms with van der Waals surface area (Å²) in [6, 6.07) is 0. The number of hydrogen-bond donors (Lipinski definition) is 1. The van der Waals surface area contributed by atoms with Crippen LogP contribution in [0.2, 0.25) is 0 Å². The Morgan fingerprint density at radius 1 is 1.30 bits per heavy atom. The molecular weight excluding hydrogens is 274 g/mol. The lowest BCUT2D eigenvalue weighted by Gasteiger charge is -2.33. The van der Waals surface area contributed by atoms with Crippen LogP contribution in [0.3, 0.4) is 0 Å². The van der Waals surface area contributed by atoms with Gasteiger partial charge in [0.15, 0.2) is 0 Å². The zero-order valence-electron chi connectivity index (χ0n) is 11.8. The Morgan fingerprint density at radius 3 is 2.90 bits per heavy atom. The van der Waals surface area contributed by atoms with Crippen molar-refractivity contribution < 1.29 is 9.84 Å². The number of thiazole rings is 1. The molecule has 112 valence electrons. The minimum atomic E-state index is -0.753. The van der Waals surface area contributed by atoms with E-state index in [2.05, 4.69) is 20.2 Å². The number of hydrogen-bond acceptors (Lipinski definition) is 6. The summed E-state index contributed by atoms with van der Waals surface area (Å²) in [7, 11) is 0. The van der Waals surface area contributed by atoms with E-state index in [0.29, 0.717) is 19.8 Å². The second kappa shape index (κ2) is 6.49. The molecular formula is C14H23N3O2S. The first-order chi connectivity index (χ1) is 9.73. The highest BCUT2D eigenvalue weighted by Gasteiger charge is 2.35. The zero-order valence-corrected chi connectivity index (χ0v) is 12.6. The molecule has 2 aliphatic rings. The molecule has 0 aromatic carbocycles. The molecule has 6 heteroatoms. The van der Waals surface area contributed by atoms with Gasteiger partial charge in [0.25, 0.3) is 0 Å². The Bertz CT molecular complexity index is 409. The summed E-state index contributed by atoms with van der Waals surface area (Å²) in [5, 5.41) is 13.0. The summed E-state index contributed by atoms with van der Waals surface area (Å²) >= 11 is 1.62. The molecule has 0 bridgehead atoms. The van der Waals surface area contributed by atoms with Gasteiger partial charge in [0.05, 0.1) is 24.4 Å². The smallest absolute Gasteiger partial charge is 0.113 e. The molecule has 0 saturated carbocycles. The summed E-state index contributed by atoms with van der Waals surface area (Å²) in [6.45, 7) is 6.39. The molecule has 0 unspecified atom stereocenters. The van der Waals surface area contributed by atoms with Crippen molar-refractivity contribution in [3.8, 4) is 0 Å². The first-order valence-corrected chi connectivity index (χ1v) is 8.30. The molecule has 1 N–H and O–H groups in total. The third-order valence-electron chi connectivity index (χ3n) is 4.03. The monoisotopic (exact) mass is 297 g/mol. The highest BCUT2D eigenvalue weighted by atomic mass is 32.1. The standard InChI is InChI=1S/C14H23N3O2S/c18-14(9-16-3-1-2-4-16)10-17(5-6-19-11-14)7-13-8-20-12-15-13/h8,12,18H,1-7,9-11H2/t14-/m1/s1. The molecule has 1 aromatic heterocycles. The van der Waals surface area contributed by atoms with Crippen molar-refractivity contribution in [3.05, 3.63) is 16.6 Å². The van der Waals surface area contributed by atoms with Crippen molar-refractivity contribution in [2.24, 2.45) is 0 Å². The van der Waals surface area contributed by atoms with Crippen molar-refractivity contribution in [1.82, 2.24) is 14.8 Å². The predicted octanol–water partition coefficient (Wildman–Crippen LogP) is 0.802. The molecule has 5 nitrogen and oxygen atoms in total. The Morgan fingerprint density at radius 2 is 2.15 bits per heavy atom. The van der Waals surface area contributed by atoms with E-state index in [1.54, 1.807) is 11.3 Å². The van der Waals surface area contributed by atoms with Crippen LogP contribution in [-0.2, 0) is 11.3 Å². The number of β-amino-alcohol motifs (C(OH)–C–C–N with tert-alkyl or cyclic N) is 1. The maximum absolute atomic E-state index is 10.9. The van der Waals surface area contributed by atoms with Crippen LogP contribution in [0.25, 0.3) is 0 Å². The lowest BCUT2D eigenvalue weighted by molar-refractivity contribution is -0.0549. The molecule has 3 heterocycles. The number of nitrogens with zero attached hydrogens (tertiary/aromatic N) is 3. The fraction of sp³-hybridized carbons (Fsp3) is 0.786. The van der Waals surface area contributed by atoms with Gasteiger partial charge in [0.1, 0.15) is 5.60 Å². The van der Waals surface area contributed by atoms with Crippen molar-refractivity contribution in [2.75, 3.05) is 45.9 Å². The van der Waals surface area contributed by atoms with E-state index in [1.807, 2.05) is 5.51 Å². The third kappa shape index (κ3) is 3.77. The van der Waals surface area contributed by atoms with Gasteiger partial charge in [0, 0.05) is 31.6 Å². The highest BCUT2D eigenvalue weighted by Crippen LogP contribution is 2.19. The summed E-state index contributed by atoms with van der Waals surface area (Å²) in [6.07, 6.45) is 2.50. The van der Waals surface area contributed by atoms with Crippen LogP contribution < -0.4 is 0 Å². The Kier molecular flexibility index (Phi) is 4.68. The van der Waals surface area contributed by atoms with Crippen LogP contribution in [0.1, 0.15) is 18.5 Å². The average Bonchev–Trinajstić information content (AvgIpc) is 3.05. The van der Waals surface area contributed by atoms with E-state index in [4.69, 9.17) is 4.74 Å². The van der Waals surface area contributed by atoms with Gasteiger partial charge in [-0.2, -0.15) is 0 Å². The van der Waals surface area contributed by atoms with E-state index >= 15 is 0 Å². The quantitative estimate of drug-likeness (QED) is 0.891. The van der Waals surface area contributed by atoms with Gasteiger partial charge >= 0.3 is 0 Å². The highest BCUT2D eigenvalue weighted by molar-refractivity contribution is 7.07. The van der Waals surface area contributed by atoms with E-state index in [1.165, 1.54) is 12.8 Å². The van der Waals surface area contributed by atoms with Crippen LogP contribution in [0, 0.1) is 0 Å². The fourth-order valence-corrected chi connectivity index (χ4v) is 3.68. The van der Waals surface area contributed by atoms with E-state index in [-0.39, 0.29) is 0 Å². The van der Waals surface area contributed by atoms with Crippen LogP contribution >= 0.6 is 11.3 Å². The molecule has 0 aliphatic carbocycles. The zero-order chi connectivity index (χ0) is 13.8. The number of rotatable bonds is 4. The Hall–Kier alpha value is -0.530. The maximum atomic E-state index is 10.9. The summed E-state index contributed by atoms with van der Waals surface area (Å²) in [4.78, 5) is 8.95. The minimum absolute atomic E-state index is 0.442. The SMILES string of the molecule is O[C@@]1(CN2CCCC2)COCCN(Cc2cscn2)C1. The lowest BCUT2D eigenvalue weighted by atomic mass is 10.0. The van der Waals surface area contributed by atoms with Crippen molar-refractivity contribution >= 4 is 11.3 Å². The predicted molar refractivity (Wildman–Crippen MR) is 78.8 cm³/mol. The van der Waals surface area contributed by atoms with Crippen molar-refractivity contribution in [3.63, 3.8) is 0 Å². The second-order valence-corrected chi connectivity index (χ2v) is 6.67. The molecule has 2 saturated heterocycles. The van der Waals surface area contributed by atoms with Gasteiger partial charge < -0.3 is 14.7 Å². The molecule has 0 radical (unpaired) electrons. The molecule has 0 spiro atoms. The molecule has 1 atom stereocenters. The fourth-order valence-electron chi connectivity index (χ4n) is 3.13. The summed E-state index contributed by atoms with van der Waals surface area (Å²) in [5.41, 5.74) is 2.19. The van der Waals surface area contributed by atoms with E-state index in [9.17, 15) is 5.11 Å². The van der Waals surface area contributed by atoms with E-state index < -0.39 is 5.60 Å². The minimum Gasteiger partial charge on any atom is -0.385 e. The van der Waals surface area contributed by atoms with Gasteiger partial charge in [-0.25, -0.2) is 4.98 Å². The Balaban J connectivity index is 1.61. The van der Waals surface area contributed by atoms with Gasteiger partial charge in [-0.15, -0.1) is 11.3 Å². The molecule has 2 aliphatic heterocycles. The van der Waals surface area contributed by atoms with E-state index in [0.717, 1.165) is 38.4 Å². The molecule has 1 aromatic rings. The molecule has 0 amide bonds. The normalized spacial score (nSPS) is 29.6. The lowest BCUT2D eigenvalue weighted by Crippen LogP contribution is -2.51. The largest absolute Gasteiger partial charge is 0.385 e. The average molecular weight is 297 g/mol. The first-order valence-electron chi connectivity index (χ1n) is 7.35. The van der Waals surface area contributed by atoms with Gasteiger partial charge in [0.2, 0.25) is 0 Å². The second-order valence-electron chi connectivity index (χ2n) is 5.95. The topological polar surface area (TPSA) is 48.8 Å². The first kappa shape index (κ1) is 14.4. The summed E-state index contributed by atoms with van der Waals surface area (Å²) < 4.78 is 5.63. The van der Waals surface area contributed by atoms with Gasteiger partial charge in [-0.3, -0.25) is 4.90 Å². The third-order valence-corrected chi connectivity index (χ3v) is 4.66. The number of aromatic nitrogens is 1. The van der Waals surface area contributed by atoms with Crippen LogP contribution in [0.5, 0.6) is 0 Å². The molecule has 20 heavy (non-hydrogen) atoms. The van der Waals surface area contributed by atoms with Crippen LogP contribution in [0.15, 0.2) is 10.9 Å². The van der Waals surface area contributed by atoms with Crippen LogP contribution in [0.4, 0.5) is 0 Å². The number of aliphatic hydroxyl groups is 1. The summed E-state index contributed by atoms with van der Waals surface area (Å²) in [5.74, 6) is 0. The van der Waals surface area contributed by atoms with Gasteiger partial charge in [-0.1, -0.05) is 0 Å². The molecule has 3 rings (SSSR count). The number of ether oxygens (including phenoxy) is 1. The van der Waals surface area contributed by atoms with Crippen molar-refractivity contribution in [1.29, 1.82) is 0 Å². The van der Waals surface area contributed by atoms with Gasteiger partial charge in [-0.05, 0) is 25.9 Å². The van der Waals surface area contributed by atoms with Crippen molar-refractivity contribution in [2.45, 2.75) is 25.0 Å². The number of likely N-dealkylation sites (tertiary alicyclic amines) is 1.